The highest BCUT2D eigenvalue weighted by atomic mass is 79.9. The predicted octanol–water partition coefficient (Wildman–Crippen LogP) is 5.04. The van der Waals surface area contributed by atoms with Gasteiger partial charge in [-0.2, -0.15) is 0 Å². The molecule has 0 aliphatic carbocycles. The number of halogens is 2. The highest BCUT2D eigenvalue weighted by molar-refractivity contribution is 9.10. The summed E-state index contributed by atoms with van der Waals surface area (Å²) in [7, 11) is 0. The quantitative estimate of drug-likeness (QED) is 0.195. The molecule has 3 aromatic carbocycles. The van der Waals surface area contributed by atoms with E-state index in [1.165, 1.54) is 16.8 Å². The maximum absolute atomic E-state index is 14.6. The van der Waals surface area contributed by atoms with Crippen LogP contribution in [0.1, 0.15) is 17.4 Å². The molecule has 10 heteroatoms. The maximum Gasteiger partial charge on any atom is 0.329 e. The van der Waals surface area contributed by atoms with Gasteiger partial charge in [0.15, 0.2) is 0 Å². The van der Waals surface area contributed by atoms with Gasteiger partial charge >= 0.3 is 5.69 Å². The second kappa shape index (κ2) is 11.1. The van der Waals surface area contributed by atoms with Crippen molar-refractivity contribution in [2.45, 2.75) is 12.5 Å². The van der Waals surface area contributed by atoms with Crippen molar-refractivity contribution < 1.29 is 19.3 Å². The van der Waals surface area contributed by atoms with Crippen LogP contribution in [0.4, 0.5) is 4.39 Å². The molecule has 0 aliphatic rings. The van der Waals surface area contributed by atoms with Crippen LogP contribution in [0.25, 0.3) is 22.5 Å². The highest BCUT2D eigenvalue weighted by Crippen LogP contribution is 2.33. The maximum atomic E-state index is 14.6. The van der Waals surface area contributed by atoms with Gasteiger partial charge in [-0.15, -0.1) is 0 Å². The molecule has 38 heavy (non-hydrogen) atoms. The normalized spacial score (nSPS) is 12.0. The molecular formula is C28H24BrFN4O4. The Morgan fingerprint density at radius 1 is 1.05 bits per heavy atom. The highest BCUT2D eigenvalue weighted by Gasteiger charge is 2.26. The minimum absolute atomic E-state index is 0.107. The molecule has 0 aliphatic heterocycles. The smallest absolute Gasteiger partial charge is 0.329 e. The van der Waals surface area contributed by atoms with E-state index >= 15 is 0 Å². The van der Waals surface area contributed by atoms with Gasteiger partial charge in [0.25, 0.3) is 0 Å². The molecule has 0 radical (unpaired) electrons. The molecular weight excluding hydrogens is 555 g/mol. The number of aromatic nitrogens is 4. The number of ether oxygens (including phenoxy) is 1. The fourth-order valence-corrected chi connectivity index (χ4v) is 4.64. The standard InChI is InChI=1S/C28H24BrFN4O4/c29-19-8-11-21(22(30)15-19)23-16-31-26(32-23)24(14-17-4-2-1-3-5-17)34-27(36)25(33-28(34)37)18-6-9-20(10-7-18)38-13-12-35/h1-11,15-16,24,35-36H,12-14H2,(H,31,32)(H,33,37)/t24-/m0/s1. The fraction of sp³-hybridized carbons (Fsp3) is 0.143. The van der Waals surface area contributed by atoms with E-state index in [0.717, 1.165) is 5.56 Å². The van der Waals surface area contributed by atoms with Crippen LogP contribution >= 0.6 is 15.9 Å². The number of benzene rings is 3. The topological polar surface area (TPSA) is 116 Å². The van der Waals surface area contributed by atoms with Gasteiger partial charge in [0.2, 0.25) is 5.88 Å². The van der Waals surface area contributed by atoms with Crippen molar-refractivity contribution in [2.24, 2.45) is 0 Å². The Kier molecular flexibility index (Phi) is 7.43. The summed E-state index contributed by atoms with van der Waals surface area (Å²) >= 11 is 3.27. The van der Waals surface area contributed by atoms with E-state index in [0.29, 0.717) is 39.3 Å². The third-order valence-electron chi connectivity index (χ3n) is 6.12. The number of rotatable bonds is 9. The summed E-state index contributed by atoms with van der Waals surface area (Å²) in [4.78, 5) is 23.6. The summed E-state index contributed by atoms with van der Waals surface area (Å²) in [5.74, 6) is 0.258. The van der Waals surface area contributed by atoms with Crippen LogP contribution in [0.15, 0.2) is 88.3 Å². The number of aliphatic hydroxyl groups excluding tert-OH is 1. The first-order valence-electron chi connectivity index (χ1n) is 11.9. The lowest BCUT2D eigenvalue weighted by molar-refractivity contribution is 0.201. The molecule has 0 bridgehead atoms. The molecule has 0 fully saturated rings. The number of imidazole rings is 2. The minimum atomic E-state index is -0.714. The molecule has 0 spiro atoms. The van der Waals surface area contributed by atoms with Crippen LogP contribution in [0.2, 0.25) is 0 Å². The Balaban J connectivity index is 1.55. The van der Waals surface area contributed by atoms with Gasteiger partial charge in [0.1, 0.15) is 35.7 Å². The van der Waals surface area contributed by atoms with E-state index in [-0.39, 0.29) is 24.8 Å². The molecule has 0 saturated heterocycles. The zero-order chi connectivity index (χ0) is 26.6. The van der Waals surface area contributed by atoms with Crippen LogP contribution in [-0.2, 0) is 6.42 Å². The number of H-pyrrole nitrogens is 2. The third kappa shape index (κ3) is 5.27. The number of aromatic amines is 2. The van der Waals surface area contributed by atoms with E-state index in [1.54, 1.807) is 36.4 Å². The van der Waals surface area contributed by atoms with Crippen LogP contribution in [0, 0.1) is 5.82 Å². The summed E-state index contributed by atoms with van der Waals surface area (Å²) in [6.45, 7) is 0.0543. The molecule has 2 aromatic heterocycles. The van der Waals surface area contributed by atoms with Gasteiger partial charge in [-0.05, 0) is 48.0 Å². The summed E-state index contributed by atoms with van der Waals surface area (Å²) in [5.41, 5.74) is 2.00. The Bertz CT molecular complexity index is 1600. The van der Waals surface area contributed by atoms with E-state index in [4.69, 9.17) is 9.84 Å². The van der Waals surface area contributed by atoms with Crippen molar-refractivity contribution in [3.63, 3.8) is 0 Å². The molecule has 2 heterocycles. The number of aromatic hydroxyl groups is 1. The first-order valence-corrected chi connectivity index (χ1v) is 12.7. The van der Waals surface area contributed by atoms with Gasteiger partial charge < -0.3 is 24.9 Å². The van der Waals surface area contributed by atoms with Crippen LogP contribution < -0.4 is 10.4 Å². The van der Waals surface area contributed by atoms with Crippen LogP contribution in [-0.4, -0.2) is 42.9 Å². The lowest BCUT2D eigenvalue weighted by Crippen LogP contribution is -2.25. The molecule has 5 aromatic rings. The van der Waals surface area contributed by atoms with Crippen molar-refractivity contribution in [1.29, 1.82) is 0 Å². The minimum Gasteiger partial charge on any atom is -0.493 e. The van der Waals surface area contributed by atoms with Crippen LogP contribution in [0.3, 0.4) is 0 Å². The second-order valence-electron chi connectivity index (χ2n) is 8.61. The molecule has 194 valence electrons. The van der Waals surface area contributed by atoms with E-state index in [9.17, 15) is 14.3 Å². The van der Waals surface area contributed by atoms with Gasteiger partial charge in [-0.3, -0.25) is 4.57 Å². The lowest BCUT2D eigenvalue weighted by atomic mass is 10.0. The Hall–Kier alpha value is -4.15. The molecule has 0 amide bonds. The Labute approximate surface area is 225 Å². The van der Waals surface area contributed by atoms with Crippen molar-refractivity contribution >= 4 is 15.9 Å². The number of aliphatic hydroxyl groups is 1. The number of nitrogens with one attached hydrogen (secondary N) is 2. The monoisotopic (exact) mass is 578 g/mol. The fourth-order valence-electron chi connectivity index (χ4n) is 4.31. The van der Waals surface area contributed by atoms with E-state index in [2.05, 4.69) is 30.9 Å². The molecule has 8 nitrogen and oxygen atoms in total. The number of hydrogen-bond acceptors (Lipinski definition) is 5. The number of nitrogens with zero attached hydrogens (tertiary/aromatic N) is 2. The van der Waals surface area contributed by atoms with Gasteiger partial charge in [-0.1, -0.05) is 46.3 Å². The van der Waals surface area contributed by atoms with E-state index in [1.807, 2.05) is 30.3 Å². The zero-order valence-electron chi connectivity index (χ0n) is 20.1. The molecule has 1 atom stereocenters. The Morgan fingerprint density at radius 3 is 2.53 bits per heavy atom. The molecule has 0 unspecified atom stereocenters. The lowest BCUT2D eigenvalue weighted by Gasteiger charge is -2.17. The largest absolute Gasteiger partial charge is 0.493 e. The summed E-state index contributed by atoms with van der Waals surface area (Å²) in [6, 6.07) is 20.3. The van der Waals surface area contributed by atoms with Crippen molar-refractivity contribution in [1.82, 2.24) is 19.5 Å². The average molecular weight is 579 g/mol. The first-order chi connectivity index (χ1) is 18.4. The van der Waals surface area contributed by atoms with Crippen molar-refractivity contribution in [2.75, 3.05) is 13.2 Å². The summed E-state index contributed by atoms with van der Waals surface area (Å²) in [5, 5.41) is 20.2. The third-order valence-corrected chi connectivity index (χ3v) is 6.61. The second-order valence-corrected chi connectivity index (χ2v) is 9.52. The SMILES string of the molecule is O=c1[nH]c(-c2ccc(OCCO)cc2)c(O)n1[C@@H](Cc1ccccc1)c1ncc(-c2ccc(Br)cc2F)[nH]1. The Morgan fingerprint density at radius 2 is 1.82 bits per heavy atom. The first kappa shape index (κ1) is 25.5. The number of hydrogen-bond donors (Lipinski definition) is 4. The van der Waals surface area contributed by atoms with Gasteiger partial charge in [0, 0.05) is 22.0 Å². The molecule has 5 rings (SSSR count). The van der Waals surface area contributed by atoms with Crippen molar-refractivity contribution in [3.8, 4) is 34.1 Å². The molecule has 4 N–H and O–H groups in total. The van der Waals surface area contributed by atoms with E-state index < -0.39 is 17.5 Å². The molecule has 0 saturated carbocycles. The van der Waals surface area contributed by atoms with Crippen LogP contribution in [0.5, 0.6) is 11.6 Å². The zero-order valence-corrected chi connectivity index (χ0v) is 21.7. The average Bonchev–Trinajstić information content (AvgIpc) is 3.51. The van der Waals surface area contributed by atoms with Gasteiger partial charge in [0.05, 0.1) is 18.5 Å². The van der Waals surface area contributed by atoms with Crippen molar-refractivity contribution in [3.05, 3.63) is 111 Å². The predicted molar refractivity (Wildman–Crippen MR) is 145 cm³/mol. The van der Waals surface area contributed by atoms with Gasteiger partial charge in [-0.25, -0.2) is 14.2 Å². The summed E-state index contributed by atoms with van der Waals surface area (Å²) < 4.78 is 21.9. The summed E-state index contributed by atoms with van der Waals surface area (Å²) in [6.07, 6.45) is 1.86.